The molecule has 0 radical (unpaired) electrons. The van der Waals surface area contributed by atoms with Gasteiger partial charge < -0.3 is 9.64 Å². The number of unbranched alkanes of at least 4 members (excludes halogenated alkanes) is 5. The second-order valence-corrected chi connectivity index (χ2v) is 9.22. The number of hydrogen-bond donors (Lipinski definition) is 0. The van der Waals surface area contributed by atoms with Crippen molar-refractivity contribution in [2.45, 2.75) is 51.9 Å². The van der Waals surface area contributed by atoms with Crippen molar-refractivity contribution in [1.29, 1.82) is 0 Å². The summed E-state index contributed by atoms with van der Waals surface area (Å²) in [5.74, 6) is 0. The summed E-state index contributed by atoms with van der Waals surface area (Å²) < 4.78 is 5.42. The van der Waals surface area contributed by atoms with E-state index in [1.165, 1.54) is 49.8 Å². The summed E-state index contributed by atoms with van der Waals surface area (Å²) in [5.41, 5.74) is 5.83. The molecule has 4 rings (SSSR count). The molecule has 0 saturated carbocycles. The first kappa shape index (κ1) is 25.7. The van der Waals surface area contributed by atoms with Gasteiger partial charge in [-0.3, -0.25) is 0 Å². The lowest BCUT2D eigenvalue weighted by Gasteiger charge is -2.28. The Morgan fingerprint density at radius 3 is 1.56 bits per heavy atom. The van der Waals surface area contributed by atoms with Crippen LogP contribution in [-0.2, 0) is 11.2 Å². The molecule has 0 spiro atoms. The average Bonchev–Trinajstić information content (AvgIpc) is 2.94. The van der Waals surface area contributed by atoms with Gasteiger partial charge in [0.15, 0.2) is 0 Å². The summed E-state index contributed by atoms with van der Waals surface area (Å²) in [6.45, 7) is 5.67. The van der Waals surface area contributed by atoms with E-state index in [1.807, 2.05) is 48.5 Å². The highest BCUT2D eigenvalue weighted by Crippen LogP contribution is 2.25. The second kappa shape index (κ2) is 14.2. The Balaban J connectivity index is 1.23. The SMILES string of the molecule is CCCCCCCCc1ccc(N=Nc2ccc(N=Nc3ccc(N4CCOCC4)cc3)cc2)cc1. The Kier molecular flexibility index (Phi) is 10.2. The fourth-order valence-electron chi connectivity index (χ4n) is 4.21. The Morgan fingerprint density at radius 2 is 1.03 bits per heavy atom. The van der Waals surface area contributed by atoms with E-state index in [1.54, 1.807) is 0 Å². The lowest BCUT2D eigenvalue weighted by molar-refractivity contribution is 0.122. The summed E-state index contributed by atoms with van der Waals surface area (Å²) in [5, 5.41) is 17.5. The third kappa shape index (κ3) is 8.38. The first-order chi connectivity index (χ1) is 17.8. The molecule has 0 bridgehead atoms. The van der Waals surface area contributed by atoms with Gasteiger partial charge in [0.05, 0.1) is 36.0 Å². The minimum atomic E-state index is 0.780. The molecule has 36 heavy (non-hydrogen) atoms. The monoisotopic (exact) mass is 483 g/mol. The van der Waals surface area contributed by atoms with E-state index < -0.39 is 0 Å². The van der Waals surface area contributed by atoms with Crippen molar-refractivity contribution >= 4 is 28.4 Å². The topological polar surface area (TPSA) is 61.9 Å². The summed E-state index contributed by atoms with van der Waals surface area (Å²) in [7, 11) is 0. The van der Waals surface area contributed by atoms with Crippen molar-refractivity contribution < 1.29 is 4.74 Å². The van der Waals surface area contributed by atoms with Crippen molar-refractivity contribution in [3.05, 3.63) is 78.4 Å². The fourth-order valence-corrected chi connectivity index (χ4v) is 4.21. The van der Waals surface area contributed by atoms with E-state index in [9.17, 15) is 0 Å². The van der Waals surface area contributed by atoms with Gasteiger partial charge in [-0.1, -0.05) is 51.2 Å². The summed E-state index contributed by atoms with van der Waals surface area (Å²) in [6, 6.07) is 24.2. The molecule has 1 aliphatic heterocycles. The van der Waals surface area contributed by atoms with E-state index >= 15 is 0 Å². The minimum Gasteiger partial charge on any atom is -0.378 e. The number of azo groups is 2. The van der Waals surface area contributed by atoms with Crippen LogP contribution in [0.25, 0.3) is 0 Å². The van der Waals surface area contributed by atoms with Crippen molar-refractivity contribution in [1.82, 2.24) is 0 Å². The normalized spacial score (nSPS) is 14.2. The quantitative estimate of drug-likeness (QED) is 0.190. The lowest BCUT2D eigenvalue weighted by Crippen LogP contribution is -2.36. The van der Waals surface area contributed by atoms with Crippen LogP contribution >= 0.6 is 0 Å². The molecule has 0 amide bonds. The maximum absolute atomic E-state index is 5.42. The van der Waals surface area contributed by atoms with Crippen LogP contribution in [0.4, 0.5) is 28.4 Å². The molecule has 3 aromatic rings. The van der Waals surface area contributed by atoms with Gasteiger partial charge in [0.1, 0.15) is 0 Å². The van der Waals surface area contributed by atoms with Gasteiger partial charge in [0.2, 0.25) is 0 Å². The summed E-state index contributed by atoms with van der Waals surface area (Å²) in [4.78, 5) is 2.32. The van der Waals surface area contributed by atoms with Crippen LogP contribution in [0.5, 0.6) is 0 Å². The van der Waals surface area contributed by atoms with Crippen LogP contribution in [-0.4, -0.2) is 26.3 Å². The second-order valence-electron chi connectivity index (χ2n) is 9.22. The molecule has 1 saturated heterocycles. The molecule has 0 aromatic heterocycles. The van der Waals surface area contributed by atoms with Gasteiger partial charge in [-0.15, -0.1) is 0 Å². The number of anilines is 1. The Morgan fingerprint density at radius 1 is 0.583 bits per heavy atom. The van der Waals surface area contributed by atoms with Crippen molar-refractivity contribution in [3.8, 4) is 0 Å². The van der Waals surface area contributed by atoms with Crippen LogP contribution in [0.3, 0.4) is 0 Å². The Labute approximate surface area is 215 Å². The van der Waals surface area contributed by atoms with E-state index in [0.717, 1.165) is 55.5 Å². The van der Waals surface area contributed by atoms with Crippen LogP contribution in [0.2, 0.25) is 0 Å². The number of morpholine rings is 1. The molecule has 6 nitrogen and oxygen atoms in total. The van der Waals surface area contributed by atoms with Crippen LogP contribution < -0.4 is 4.90 Å². The Hall–Kier alpha value is -3.38. The maximum Gasteiger partial charge on any atom is 0.0858 e. The molecule has 0 unspecified atom stereocenters. The van der Waals surface area contributed by atoms with Gasteiger partial charge in [-0.05, 0) is 79.1 Å². The highest BCUT2D eigenvalue weighted by Gasteiger charge is 2.10. The molecule has 0 N–H and O–H groups in total. The molecular formula is C30H37N5O. The van der Waals surface area contributed by atoms with Crippen LogP contribution in [0.15, 0.2) is 93.3 Å². The molecule has 1 fully saturated rings. The lowest BCUT2D eigenvalue weighted by atomic mass is 10.0. The van der Waals surface area contributed by atoms with Gasteiger partial charge >= 0.3 is 0 Å². The van der Waals surface area contributed by atoms with Crippen LogP contribution in [0, 0.1) is 0 Å². The highest BCUT2D eigenvalue weighted by atomic mass is 16.5. The molecule has 1 aliphatic rings. The fraction of sp³-hybridized carbons (Fsp3) is 0.400. The maximum atomic E-state index is 5.42. The zero-order chi connectivity index (χ0) is 24.8. The predicted octanol–water partition coefficient (Wildman–Crippen LogP) is 9.26. The molecule has 188 valence electrons. The number of hydrogen-bond acceptors (Lipinski definition) is 6. The molecular weight excluding hydrogens is 446 g/mol. The number of aryl methyl sites for hydroxylation is 1. The van der Waals surface area contributed by atoms with Gasteiger partial charge in [0, 0.05) is 18.8 Å². The van der Waals surface area contributed by atoms with E-state index in [0.29, 0.717) is 0 Å². The molecule has 0 aliphatic carbocycles. The van der Waals surface area contributed by atoms with Gasteiger partial charge in [-0.25, -0.2) is 0 Å². The third-order valence-electron chi connectivity index (χ3n) is 6.39. The van der Waals surface area contributed by atoms with Crippen LogP contribution in [0.1, 0.15) is 51.0 Å². The first-order valence-electron chi connectivity index (χ1n) is 13.3. The first-order valence-corrected chi connectivity index (χ1v) is 13.3. The molecule has 1 heterocycles. The third-order valence-corrected chi connectivity index (χ3v) is 6.39. The van der Waals surface area contributed by atoms with Gasteiger partial charge in [0.25, 0.3) is 0 Å². The van der Waals surface area contributed by atoms with Crippen molar-refractivity contribution in [2.24, 2.45) is 20.5 Å². The van der Waals surface area contributed by atoms with Crippen molar-refractivity contribution in [3.63, 3.8) is 0 Å². The van der Waals surface area contributed by atoms with E-state index in [2.05, 4.69) is 56.5 Å². The molecule has 3 aromatic carbocycles. The Bertz CT molecular complexity index is 1090. The van der Waals surface area contributed by atoms with E-state index in [4.69, 9.17) is 4.74 Å². The number of nitrogens with zero attached hydrogens (tertiary/aromatic N) is 5. The minimum absolute atomic E-state index is 0.780. The smallest absolute Gasteiger partial charge is 0.0858 e. The van der Waals surface area contributed by atoms with Gasteiger partial charge in [-0.2, -0.15) is 20.5 Å². The molecule has 6 heteroatoms. The highest BCUT2D eigenvalue weighted by molar-refractivity contribution is 5.53. The standard InChI is InChI=1S/C30H37N5O/c1-2-3-4-5-6-7-8-25-9-11-26(12-10-25)31-32-27-13-15-28(16-14-27)33-34-29-17-19-30(20-18-29)35-21-23-36-24-22-35/h9-20H,2-8,21-24H2,1H3. The van der Waals surface area contributed by atoms with E-state index in [-0.39, 0.29) is 0 Å². The zero-order valence-electron chi connectivity index (χ0n) is 21.4. The van der Waals surface area contributed by atoms with Crippen molar-refractivity contribution in [2.75, 3.05) is 31.2 Å². The number of benzene rings is 3. The summed E-state index contributed by atoms with van der Waals surface area (Å²) >= 11 is 0. The number of ether oxygens (including phenoxy) is 1. The zero-order valence-corrected chi connectivity index (χ0v) is 21.4. The predicted molar refractivity (Wildman–Crippen MR) is 148 cm³/mol. The summed E-state index contributed by atoms with van der Waals surface area (Å²) in [6.07, 6.45) is 9.09. The number of rotatable bonds is 12. The largest absolute Gasteiger partial charge is 0.378 e. The average molecular weight is 484 g/mol. The molecule has 0 atom stereocenters.